The van der Waals surface area contributed by atoms with Crippen molar-refractivity contribution in [3.63, 3.8) is 0 Å². The van der Waals surface area contributed by atoms with Gasteiger partial charge in [-0.1, -0.05) is 23.3 Å². The second-order valence-corrected chi connectivity index (χ2v) is 5.25. The van der Waals surface area contributed by atoms with Crippen LogP contribution in [0.25, 0.3) is 0 Å². The molecule has 0 radical (unpaired) electrons. The zero-order chi connectivity index (χ0) is 12.2. The van der Waals surface area contributed by atoms with Crippen molar-refractivity contribution in [2.24, 2.45) is 5.41 Å². The van der Waals surface area contributed by atoms with Gasteiger partial charge in [0.1, 0.15) is 0 Å². The van der Waals surface area contributed by atoms with Gasteiger partial charge in [0.2, 0.25) is 0 Å². The topological polar surface area (TPSA) is 37.3 Å². The van der Waals surface area contributed by atoms with Crippen LogP contribution in [0.15, 0.2) is 23.3 Å². The summed E-state index contributed by atoms with van der Waals surface area (Å²) in [5.41, 5.74) is 2.25. The largest absolute Gasteiger partial charge is 0.481 e. The quantitative estimate of drug-likeness (QED) is 0.732. The summed E-state index contributed by atoms with van der Waals surface area (Å²) in [6, 6.07) is 0. The van der Waals surface area contributed by atoms with Crippen LogP contribution in [0.1, 0.15) is 52.9 Å². The van der Waals surface area contributed by atoms with Crippen molar-refractivity contribution in [3.05, 3.63) is 23.3 Å². The van der Waals surface area contributed by atoms with Crippen molar-refractivity contribution in [3.8, 4) is 0 Å². The number of hydrogen-bond donors (Lipinski definition) is 1. The molecule has 0 aliphatic heterocycles. The van der Waals surface area contributed by atoms with Crippen LogP contribution >= 0.6 is 0 Å². The smallest absolute Gasteiger partial charge is 0.309 e. The second-order valence-electron chi connectivity index (χ2n) is 5.25. The molecule has 1 unspecified atom stereocenters. The molecule has 1 aliphatic carbocycles. The van der Waals surface area contributed by atoms with Gasteiger partial charge in [0.15, 0.2) is 0 Å². The van der Waals surface area contributed by atoms with Gasteiger partial charge in [-0.2, -0.15) is 0 Å². The van der Waals surface area contributed by atoms with Crippen LogP contribution in [0.3, 0.4) is 0 Å². The summed E-state index contributed by atoms with van der Waals surface area (Å²) in [7, 11) is 0. The van der Waals surface area contributed by atoms with Gasteiger partial charge in [0, 0.05) is 0 Å². The molecule has 0 bridgehead atoms. The van der Waals surface area contributed by atoms with E-state index in [4.69, 9.17) is 5.11 Å². The molecule has 1 aliphatic rings. The van der Waals surface area contributed by atoms with Crippen LogP contribution < -0.4 is 0 Å². The summed E-state index contributed by atoms with van der Waals surface area (Å²) in [5.74, 6) is -0.660. The van der Waals surface area contributed by atoms with E-state index < -0.39 is 11.4 Å². The highest BCUT2D eigenvalue weighted by atomic mass is 16.4. The van der Waals surface area contributed by atoms with Crippen LogP contribution in [0.5, 0.6) is 0 Å². The minimum absolute atomic E-state index is 0.528. The molecule has 0 amide bonds. The third kappa shape index (κ3) is 3.51. The second kappa shape index (κ2) is 5.33. The number of rotatable bonds is 4. The lowest BCUT2D eigenvalue weighted by Crippen LogP contribution is -2.29. The molecular weight excluding hydrogens is 200 g/mol. The maximum atomic E-state index is 11.0. The van der Waals surface area contributed by atoms with E-state index in [-0.39, 0.29) is 0 Å². The highest BCUT2D eigenvalue weighted by Crippen LogP contribution is 2.36. The Bertz CT molecular complexity index is 322. The molecule has 0 saturated carbocycles. The van der Waals surface area contributed by atoms with E-state index in [9.17, 15) is 4.79 Å². The fraction of sp³-hybridized carbons (Fsp3) is 0.643. The predicted molar refractivity (Wildman–Crippen MR) is 66.3 cm³/mol. The van der Waals surface area contributed by atoms with Gasteiger partial charge in [0.25, 0.3) is 0 Å². The van der Waals surface area contributed by atoms with Gasteiger partial charge in [-0.15, -0.1) is 0 Å². The predicted octanol–water partition coefficient (Wildman–Crippen LogP) is 3.93. The lowest BCUT2D eigenvalue weighted by Gasteiger charge is -2.28. The first kappa shape index (κ1) is 13.0. The van der Waals surface area contributed by atoms with Gasteiger partial charge in [-0.05, 0) is 52.9 Å². The maximum absolute atomic E-state index is 11.0. The minimum Gasteiger partial charge on any atom is -0.481 e. The van der Waals surface area contributed by atoms with Crippen LogP contribution in [-0.2, 0) is 4.79 Å². The first-order chi connectivity index (χ1) is 7.44. The zero-order valence-electron chi connectivity index (χ0n) is 10.5. The molecule has 1 N–H and O–H groups in total. The van der Waals surface area contributed by atoms with Crippen molar-refractivity contribution in [2.45, 2.75) is 52.9 Å². The standard InChI is InChI=1S/C14H22O2/c1-11(2)5-4-6-12-7-9-14(3,10-8-12)13(15)16/h5,7H,4,6,8-10H2,1-3H3,(H,15,16). The van der Waals surface area contributed by atoms with Crippen molar-refractivity contribution >= 4 is 5.97 Å². The van der Waals surface area contributed by atoms with E-state index in [1.165, 1.54) is 11.1 Å². The minimum atomic E-state index is -0.660. The van der Waals surface area contributed by atoms with Gasteiger partial charge in [-0.25, -0.2) is 0 Å². The number of hydrogen-bond acceptors (Lipinski definition) is 1. The summed E-state index contributed by atoms with van der Waals surface area (Å²) in [5, 5.41) is 9.09. The third-order valence-corrected chi connectivity index (χ3v) is 3.37. The van der Waals surface area contributed by atoms with Gasteiger partial charge < -0.3 is 5.11 Å². The van der Waals surface area contributed by atoms with Gasteiger partial charge in [-0.3, -0.25) is 4.79 Å². The summed E-state index contributed by atoms with van der Waals surface area (Å²) in [4.78, 5) is 11.0. The molecule has 0 spiro atoms. The number of carboxylic acid groups (broad SMARTS) is 1. The van der Waals surface area contributed by atoms with Crippen molar-refractivity contribution in [1.29, 1.82) is 0 Å². The average molecular weight is 222 g/mol. The molecule has 1 rings (SSSR count). The van der Waals surface area contributed by atoms with E-state index in [0.29, 0.717) is 6.42 Å². The Morgan fingerprint density at radius 3 is 2.69 bits per heavy atom. The molecule has 16 heavy (non-hydrogen) atoms. The Morgan fingerprint density at radius 1 is 1.56 bits per heavy atom. The lowest BCUT2D eigenvalue weighted by atomic mass is 9.76. The molecule has 2 heteroatoms. The van der Waals surface area contributed by atoms with E-state index >= 15 is 0 Å². The third-order valence-electron chi connectivity index (χ3n) is 3.37. The van der Waals surface area contributed by atoms with Gasteiger partial charge in [0.05, 0.1) is 5.41 Å². The molecule has 0 aromatic rings. The van der Waals surface area contributed by atoms with Crippen molar-refractivity contribution < 1.29 is 9.90 Å². The number of aliphatic carboxylic acids is 1. The van der Waals surface area contributed by atoms with Gasteiger partial charge >= 0.3 is 5.97 Å². The molecule has 0 saturated heterocycles. The number of carboxylic acids is 1. The highest BCUT2D eigenvalue weighted by molar-refractivity contribution is 5.74. The Hall–Kier alpha value is -1.05. The van der Waals surface area contributed by atoms with Crippen LogP contribution in [-0.4, -0.2) is 11.1 Å². The van der Waals surface area contributed by atoms with E-state index in [2.05, 4.69) is 26.0 Å². The van der Waals surface area contributed by atoms with Crippen molar-refractivity contribution in [1.82, 2.24) is 0 Å². The number of allylic oxidation sites excluding steroid dienone is 4. The highest BCUT2D eigenvalue weighted by Gasteiger charge is 2.33. The summed E-state index contributed by atoms with van der Waals surface area (Å²) < 4.78 is 0. The van der Waals surface area contributed by atoms with Crippen LogP contribution in [0.4, 0.5) is 0 Å². The molecule has 0 aromatic heterocycles. The van der Waals surface area contributed by atoms with E-state index in [1.807, 2.05) is 6.92 Å². The first-order valence-corrected chi connectivity index (χ1v) is 5.99. The Labute approximate surface area is 98.1 Å². The molecular formula is C14H22O2. The van der Waals surface area contributed by atoms with E-state index in [0.717, 1.165) is 25.7 Å². The Morgan fingerprint density at radius 2 is 2.25 bits per heavy atom. The monoisotopic (exact) mass is 222 g/mol. The number of carbonyl (C=O) groups is 1. The molecule has 0 aromatic carbocycles. The average Bonchev–Trinajstić information content (AvgIpc) is 2.20. The summed E-state index contributed by atoms with van der Waals surface area (Å²) >= 11 is 0. The summed E-state index contributed by atoms with van der Waals surface area (Å²) in [6.07, 6.45) is 8.95. The summed E-state index contributed by atoms with van der Waals surface area (Å²) in [6.45, 7) is 6.06. The lowest BCUT2D eigenvalue weighted by molar-refractivity contribution is -0.148. The molecule has 90 valence electrons. The fourth-order valence-corrected chi connectivity index (χ4v) is 1.98. The maximum Gasteiger partial charge on any atom is 0.309 e. The molecule has 1 atom stereocenters. The molecule has 0 fully saturated rings. The Kier molecular flexibility index (Phi) is 4.34. The normalized spacial score (nSPS) is 24.8. The Balaban J connectivity index is 2.47. The first-order valence-electron chi connectivity index (χ1n) is 5.99. The van der Waals surface area contributed by atoms with Crippen LogP contribution in [0, 0.1) is 5.41 Å². The SMILES string of the molecule is CC(C)=CCCC1=CCC(C)(C(=O)O)CC1. The van der Waals surface area contributed by atoms with Crippen molar-refractivity contribution in [2.75, 3.05) is 0 Å². The molecule has 2 nitrogen and oxygen atoms in total. The van der Waals surface area contributed by atoms with E-state index in [1.54, 1.807) is 0 Å². The molecule has 0 heterocycles. The zero-order valence-corrected chi connectivity index (χ0v) is 10.5. The fourth-order valence-electron chi connectivity index (χ4n) is 1.98. The van der Waals surface area contributed by atoms with Crippen LogP contribution in [0.2, 0.25) is 0 Å².